The first kappa shape index (κ1) is 13.8. The predicted molar refractivity (Wildman–Crippen MR) is 79.0 cm³/mol. The lowest BCUT2D eigenvalue weighted by Gasteiger charge is -2.11. The summed E-state index contributed by atoms with van der Waals surface area (Å²) in [7, 11) is 0. The summed E-state index contributed by atoms with van der Waals surface area (Å²) in [4.78, 5) is 0. The van der Waals surface area contributed by atoms with Crippen LogP contribution in [0, 0.1) is 6.92 Å². The molecule has 1 aromatic carbocycles. The molecule has 0 amide bonds. The Morgan fingerprint density at radius 1 is 1.21 bits per heavy atom. The van der Waals surface area contributed by atoms with Gasteiger partial charge in [0.1, 0.15) is 0 Å². The van der Waals surface area contributed by atoms with Crippen LogP contribution in [-0.2, 0) is 6.42 Å². The highest BCUT2D eigenvalue weighted by atomic mass is 15.3. The number of rotatable bonds is 5. The third kappa shape index (κ3) is 3.44. The summed E-state index contributed by atoms with van der Waals surface area (Å²) < 4.78 is 2.02. The van der Waals surface area contributed by atoms with Crippen LogP contribution in [0.2, 0.25) is 0 Å². The van der Waals surface area contributed by atoms with Crippen molar-refractivity contribution >= 4 is 0 Å². The SMILES string of the molecule is CCC(C)n1ccc(CC(N)c2ccc(C)cc2)n1. The molecule has 2 atom stereocenters. The van der Waals surface area contributed by atoms with Crippen LogP contribution >= 0.6 is 0 Å². The van der Waals surface area contributed by atoms with E-state index in [1.165, 1.54) is 11.1 Å². The smallest absolute Gasteiger partial charge is 0.0643 e. The maximum atomic E-state index is 6.25. The van der Waals surface area contributed by atoms with Gasteiger partial charge in [-0.2, -0.15) is 5.10 Å². The minimum Gasteiger partial charge on any atom is -0.324 e. The topological polar surface area (TPSA) is 43.8 Å². The lowest BCUT2D eigenvalue weighted by molar-refractivity contribution is 0.472. The minimum atomic E-state index is 0.0147. The Morgan fingerprint density at radius 3 is 2.53 bits per heavy atom. The van der Waals surface area contributed by atoms with Crippen molar-refractivity contribution in [2.24, 2.45) is 5.73 Å². The number of aryl methyl sites for hydroxylation is 1. The molecule has 0 fully saturated rings. The molecule has 19 heavy (non-hydrogen) atoms. The molecular formula is C16H23N3. The van der Waals surface area contributed by atoms with Gasteiger partial charge in [0.15, 0.2) is 0 Å². The summed E-state index contributed by atoms with van der Waals surface area (Å²) in [6, 6.07) is 10.9. The number of aromatic nitrogens is 2. The van der Waals surface area contributed by atoms with E-state index in [0.29, 0.717) is 6.04 Å². The van der Waals surface area contributed by atoms with Gasteiger partial charge in [-0.1, -0.05) is 36.8 Å². The molecule has 0 saturated heterocycles. The van der Waals surface area contributed by atoms with Crippen molar-refractivity contribution in [2.45, 2.75) is 45.7 Å². The normalized spacial score (nSPS) is 14.3. The molecule has 0 aliphatic carbocycles. The second kappa shape index (κ2) is 6.02. The molecule has 102 valence electrons. The van der Waals surface area contributed by atoms with Crippen LogP contribution in [0.4, 0.5) is 0 Å². The Bertz CT molecular complexity index is 513. The Kier molecular flexibility index (Phi) is 4.38. The fourth-order valence-corrected chi connectivity index (χ4v) is 2.08. The van der Waals surface area contributed by atoms with E-state index in [0.717, 1.165) is 18.5 Å². The van der Waals surface area contributed by atoms with Gasteiger partial charge in [0, 0.05) is 24.7 Å². The molecule has 1 heterocycles. The first-order valence-electron chi connectivity index (χ1n) is 6.96. The van der Waals surface area contributed by atoms with Crippen molar-refractivity contribution in [3.05, 3.63) is 53.3 Å². The molecule has 3 nitrogen and oxygen atoms in total. The molecule has 0 aliphatic heterocycles. The van der Waals surface area contributed by atoms with E-state index in [1.807, 2.05) is 10.9 Å². The molecule has 1 aromatic heterocycles. The second-order valence-electron chi connectivity index (χ2n) is 5.27. The molecule has 2 aromatic rings. The fraction of sp³-hybridized carbons (Fsp3) is 0.438. The molecular weight excluding hydrogens is 234 g/mol. The highest BCUT2D eigenvalue weighted by Gasteiger charge is 2.10. The Hall–Kier alpha value is -1.61. The van der Waals surface area contributed by atoms with Crippen molar-refractivity contribution in [1.82, 2.24) is 9.78 Å². The predicted octanol–water partition coefficient (Wildman–Crippen LogP) is 3.41. The molecule has 0 bridgehead atoms. The van der Waals surface area contributed by atoms with Gasteiger partial charge < -0.3 is 5.73 Å². The van der Waals surface area contributed by atoms with E-state index in [-0.39, 0.29) is 6.04 Å². The van der Waals surface area contributed by atoms with E-state index in [1.54, 1.807) is 0 Å². The molecule has 2 unspecified atom stereocenters. The number of benzene rings is 1. The average Bonchev–Trinajstić information content (AvgIpc) is 2.87. The summed E-state index contributed by atoms with van der Waals surface area (Å²) in [5.74, 6) is 0. The van der Waals surface area contributed by atoms with Crippen LogP contribution in [0.25, 0.3) is 0 Å². The zero-order valence-corrected chi connectivity index (χ0v) is 12.0. The zero-order chi connectivity index (χ0) is 13.8. The third-order valence-electron chi connectivity index (χ3n) is 3.64. The molecule has 3 heteroatoms. The first-order chi connectivity index (χ1) is 9.10. The third-order valence-corrected chi connectivity index (χ3v) is 3.64. The van der Waals surface area contributed by atoms with Gasteiger partial charge in [-0.25, -0.2) is 0 Å². The summed E-state index contributed by atoms with van der Waals surface area (Å²) in [6.07, 6.45) is 3.92. The Morgan fingerprint density at radius 2 is 1.89 bits per heavy atom. The number of nitrogens with zero attached hydrogens (tertiary/aromatic N) is 2. The van der Waals surface area contributed by atoms with E-state index in [9.17, 15) is 0 Å². The Labute approximate surface area is 115 Å². The molecule has 2 N–H and O–H groups in total. The van der Waals surface area contributed by atoms with Crippen molar-refractivity contribution in [3.63, 3.8) is 0 Å². The van der Waals surface area contributed by atoms with Crippen molar-refractivity contribution in [2.75, 3.05) is 0 Å². The fourth-order valence-electron chi connectivity index (χ4n) is 2.08. The van der Waals surface area contributed by atoms with Crippen molar-refractivity contribution in [1.29, 1.82) is 0 Å². The standard InChI is InChI=1S/C16H23N3/c1-4-13(3)19-10-9-15(18-19)11-16(17)14-7-5-12(2)6-8-14/h5-10,13,16H,4,11,17H2,1-3H3. The van der Waals surface area contributed by atoms with Gasteiger partial charge in [-0.3, -0.25) is 4.68 Å². The van der Waals surface area contributed by atoms with E-state index in [2.05, 4.69) is 56.2 Å². The van der Waals surface area contributed by atoms with Crippen LogP contribution in [0.5, 0.6) is 0 Å². The summed E-state index contributed by atoms with van der Waals surface area (Å²) in [5.41, 5.74) is 9.74. The van der Waals surface area contributed by atoms with Gasteiger partial charge in [0.25, 0.3) is 0 Å². The summed E-state index contributed by atoms with van der Waals surface area (Å²) in [5, 5.41) is 4.60. The van der Waals surface area contributed by atoms with Gasteiger partial charge in [0.2, 0.25) is 0 Å². The molecule has 0 saturated carbocycles. The van der Waals surface area contributed by atoms with Crippen LogP contribution in [-0.4, -0.2) is 9.78 Å². The molecule has 0 radical (unpaired) electrons. The maximum absolute atomic E-state index is 6.25. The molecule has 0 spiro atoms. The number of nitrogens with two attached hydrogens (primary N) is 1. The second-order valence-corrected chi connectivity index (χ2v) is 5.27. The first-order valence-corrected chi connectivity index (χ1v) is 6.96. The number of hydrogen-bond acceptors (Lipinski definition) is 2. The quantitative estimate of drug-likeness (QED) is 0.892. The van der Waals surface area contributed by atoms with E-state index < -0.39 is 0 Å². The monoisotopic (exact) mass is 257 g/mol. The Balaban J connectivity index is 2.04. The van der Waals surface area contributed by atoms with Crippen LogP contribution in [0.3, 0.4) is 0 Å². The van der Waals surface area contributed by atoms with Crippen LogP contribution in [0.1, 0.15) is 49.2 Å². The summed E-state index contributed by atoms with van der Waals surface area (Å²) >= 11 is 0. The lowest BCUT2D eigenvalue weighted by atomic mass is 10.0. The van der Waals surface area contributed by atoms with Gasteiger partial charge in [-0.05, 0) is 31.9 Å². The number of hydrogen-bond donors (Lipinski definition) is 1. The largest absolute Gasteiger partial charge is 0.324 e. The van der Waals surface area contributed by atoms with Gasteiger partial charge >= 0.3 is 0 Å². The zero-order valence-electron chi connectivity index (χ0n) is 12.0. The van der Waals surface area contributed by atoms with Crippen LogP contribution in [0.15, 0.2) is 36.5 Å². The molecule has 0 aliphatic rings. The van der Waals surface area contributed by atoms with Gasteiger partial charge in [0.05, 0.1) is 5.69 Å². The van der Waals surface area contributed by atoms with E-state index in [4.69, 9.17) is 5.73 Å². The highest BCUT2D eigenvalue weighted by Crippen LogP contribution is 2.17. The lowest BCUT2D eigenvalue weighted by Crippen LogP contribution is -2.14. The van der Waals surface area contributed by atoms with Crippen molar-refractivity contribution in [3.8, 4) is 0 Å². The maximum Gasteiger partial charge on any atom is 0.0643 e. The summed E-state index contributed by atoms with van der Waals surface area (Å²) in [6.45, 7) is 6.43. The van der Waals surface area contributed by atoms with Crippen LogP contribution < -0.4 is 5.73 Å². The van der Waals surface area contributed by atoms with Crippen molar-refractivity contribution < 1.29 is 0 Å². The highest BCUT2D eigenvalue weighted by molar-refractivity contribution is 5.24. The minimum absolute atomic E-state index is 0.0147. The van der Waals surface area contributed by atoms with Gasteiger partial charge in [-0.15, -0.1) is 0 Å². The average molecular weight is 257 g/mol. The van der Waals surface area contributed by atoms with E-state index >= 15 is 0 Å². The molecule has 2 rings (SSSR count).